The van der Waals surface area contributed by atoms with Crippen molar-refractivity contribution >= 4 is 46.9 Å². The molecule has 1 heterocycles. The number of nitrogens with zero attached hydrogens (tertiary/aromatic N) is 2. The molecule has 18 heavy (non-hydrogen) atoms. The van der Waals surface area contributed by atoms with Gasteiger partial charge in [-0.2, -0.15) is 14.2 Å². The van der Waals surface area contributed by atoms with Gasteiger partial charge in [0.2, 0.25) is 0 Å². The summed E-state index contributed by atoms with van der Waals surface area (Å²) in [5.41, 5.74) is 4.50. The summed E-state index contributed by atoms with van der Waals surface area (Å²) in [4.78, 5) is 13.4. The minimum Gasteiger partial charge on any atom is -0.278 e. The smallest absolute Gasteiger partial charge is 0.278 e. The third kappa shape index (κ3) is 3.20. The van der Waals surface area contributed by atoms with E-state index in [1.54, 1.807) is 0 Å². The van der Waals surface area contributed by atoms with Crippen LogP contribution in [0.25, 0.3) is 0 Å². The van der Waals surface area contributed by atoms with Gasteiger partial charge in [0.1, 0.15) is 0 Å². The van der Waals surface area contributed by atoms with Crippen molar-refractivity contribution in [2.45, 2.75) is 10.8 Å². The van der Waals surface area contributed by atoms with Gasteiger partial charge >= 0.3 is 9.95 Å². The van der Waals surface area contributed by atoms with Crippen LogP contribution >= 0.6 is 35.1 Å². The molecule has 0 bridgehead atoms. The largest absolute Gasteiger partial charge is 0.350 e. The Morgan fingerprint density at radius 3 is 2.56 bits per heavy atom. The van der Waals surface area contributed by atoms with Crippen LogP contribution in [-0.4, -0.2) is 21.0 Å². The third-order valence-electron chi connectivity index (χ3n) is 2.32. The molecule has 1 saturated heterocycles. The Morgan fingerprint density at radius 2 is 2.00 bits per heavy atom. The molecule has 98 valence electrons. The van der Waals surface area contributed by atoms with Crippen LogP contribution in [0.5, 0.6) is 0 Å². The Morgan fingerprint density at radius 1 is 1.39 bits per heavy atom. The molecular formula is C10H10Cl2FN3OS. The maximum absolute atomic E-state index is 13.0. The van der Waals surface area contributed by atoms with Crippen molar-refractivity contribution in [3.8, 4) is 0 Å². The fourth-order valence-corrected chi connectivity index (χ4v) is 2.40. The van der Waals surface area contributed by atoms with Crippen LogP contribution in [0.2, 0.25) is 0 Å². The maximum Gasteiger partial charge on any atom is 0.350 e. The van der Waals surface area contributed by atoms with E-state index in [-0.39, 0.29) is 6.67 Å². The van der Waals surface area contributed by atoms with Crippen LogP contribution in [0, 0.1) is 6.92 Å². The molecular weight excluding hydrogens is 300 g/mol. The number of hydrogen-bond acceptors (Lipinski definition) is 3. The summed E-state index contributed by atoms with van der Waals surface area (Å²) in [7, 11) is 0. The van der Waals surface area contributed by atoms with E-state index in [1.165, 1.54) is 4.90 Å². The number of hydrazine groups is 1. The average molecular weight is 310 g/mol. The van der Waals surface area contributed by atoms with Crippen molar-refractivity contribution in [3.05, 3.63) is 29.8 Å². The van der Waals surface area contributed by atoms with E-state index in [1.807, 2.05) is 31.2 Å². The number of rotatable bonds is 3. The Bertz CT molecular complexity index is 451. The zero-order valence-corrected chi connectivity index (χ0v) is 11.7. The standard InChI is InChI=1S/C10H10Cl2FN3OS/c1-7-2-4-8(5-3-7)15-6-14-16(9(15)17)18-10(11,12)13/h2-5,14H,6H2,1H3. The lowest BCUT2D eigenvalue weighted by Crippen LogP contribution is -2.31. The Hall–Kier alpha value is -0.690. The van der Waals surface area contributed by atoms with Crippen molar-refractivity contribution in [1.29, 1.82) is 0 Å². The fraction of sp³-hybridized carbons (Fsp3) is 0.300. The minimum atomic E-state index is -2.55. The lowest BCUT2D eigenvalue weighted by Gasteiger charge is -2.18. The second-order valence-electron chi connectivity index (χ2n) is 3.69. The molecule has 2 amide bonds. The second-order valence-corrected chi connectivity index (χ2v) is 6.49. The Kier molecular flexibility index (Phi) is 3.91. The van der Waals surface area contributed by atoms with Crippen LogP contribution in [0.4, 0.5) is 14.9 Å². The predicted octanol–water partition coefficient (Wildman–Crippen LogP) is 3.41. The van der Waals surface area contributed by atoms with Gasteiger partial charge in [-0.25, -0.2) is 4.79 Å². The third-order valence-corrected chi connectivity index (χ3v) is 3.41. The number of benzene rings is 1. The van der Waals surface area contributed by atoms with Crippen molar-refractivity contribution in [2.75, 3.05) is 11.6 Å². The van der Waals surface area contributed by atoms with E-state index in [4.69, 9.17) is 23.2 Å². The first-order valence-corrected chi connectivity index (χ1v) is 6.57. The van der Waals surface area contributed by atoms with Gasteiger partial charge in [-0.1, -0.05) is 40.9 Å². The topological polar surface area (TPSA) is 35.6 Å². The second kappa shape index (κ2) is 5.13. The summed E-state index contributed by atoms with van der Waals surface area (Å²) in [6, 6.07) is 6.98. The Balaban J connectivity index is 2.10. The van der Waals surface area contributed by atoms with Gasteiger partial charge in [0, 0.05) is 17.6 Å². The number of nitrogens with one attached hydrogen (secondary N) is 1. The van der Waals surface area contributed by atoms with E-state index in [0.717, 1.165) is 15.7 Å². The normalized spacial score (nSPS) is 16.6. The molecule has 0 atom stereocenters. The van der Waals surface area contributed by atoms with E-state index in [0.29, 0.717) is 11.9 Å². The number of anilines is 1. The van der Waals surface area contributed by atoms with Gasteiger partial charge in [-0.05, 0) is 19.1 Å². The molecule has 0 unspecified atom stereocenters. The van der Waals surface area contributed by atoms with Crippen LogP contribution < -0.4 is 10.3 Å². The number of alkyl halides is 3. The summed E-state index contributed by atoms with van der Waals surface area (Å²) < 4.78 is 11.5. The van der Waals surface area contributed by atoms with Gasteiger partial charge in [0.15, 0.2) is 0 Å². The molecule has 0 spiro atoms. The van der Waals surface area contributed by atoms with Crippen molar-refractivity contribution in [3.63, 3.8) is 0 Å². The van der Waals surface area contributed by atoms with E-state index in [2.05, 4.69) is 5.43 Å². The molecule has 0 aliphatic carbocycles. The quantitative estimate of drug-likeness (QED) is 0.686. The minimum absolute atomic E-state index is 0.235. The number of aryl methyl sites for hydroxylation is 1. The van der Waals surface area contributed by atoms with Crippen LogP contribution in [-0.2, 0) is 0 Å². The van der Waals surface area contributed by atoms with Gasteiger partial charge in [-0.3, -0.25) is 4.90 Å². The highest BCUT2D eigenvalue weighted by molar-refractivity contribution is 8.01. The highest BCUT2D eigenvalue weighted by atomic mass is 35.5. The number of carbonyl (C=O) groups excluding carboxylic acids is 1. The molecule has 8 heteroatoms. The van der Waals surface area contributed by atoms with Crippen molar-refractivity contribution in [2.24, 2.45) is 0 Å². The first-order valence-electron chi connectivity index (χ1n) is 5.04. The first-order chi connectivity index (χ1) is 8.37. The van der Waals surface area contributed by atoms with Crippen molar-refractivity contribution < 1.29 is 9.18 Å². The summed E-state index contributed by atoms with van der Waals surface area (Å²) in [6.07, 6.45) is 0. The number of urea groups is 1. The highest BCUT2D eigenvalue weighted by Crippen LogP contribution is 2.39. The van der Waals surface area contributed by atoms with E-state index >= 15 is 0 Å². The van der Waals surface area contributed by atoms with Gasteiger partial charge < -0.3 is 0 Å². The lowest BCUT2D eigenvalue weighted by molar-refractivity contribution is 0.235. The zero-order valence-electron chi connectivity index (χ0n) is 9.36. The summed E-state index contributed by atoms with van der Waals surface area (Å²) in [6.45, 7) is 2.19. The monoisotopic (exact) mass is 309 g/mol. The number of hydrogen-bond donors (Lipinski definition) is 1. The molecule has 0 saturated carbocycles. The maximum atomic E-state index is 13.0. The first kappa shape index (κ1) is 13.7. The van der Waals surface area contributed by atoms with Gasteiger partial charge in [-0.15, -0.1) is 0 Å². The molecule has 1 aromatic carbocycles. The van der Waals surface area contributed by atoms with E-state index < -0.39 is 9.95 Å². The number of carbonyl (C=O) groups is 1. The lowest BCUT2D eigenvalue weighted by atomic mass is 10.2. The molecule has 1 aliphatic heterocycles. The van der Waals surface area contributed by atoms with Crippen molar-refractivity contribution in [1.82, 2.24) is 9.84 Å². The molecule has 1 fully saturated rings. The number of halogens is 3. The Labute approximate surface area is 118 Å². The molecule has 0 aromatic heterocycles. The van der Waals surface area contributed by atoms with E-state index in [9.17, 15) is 9.18 Å². The molecule has 2 rings (SSSR count). The molecule has 0 radical (unpaired) electrons. The van der Waals surface area contributed by atoms with Gasteiger partial charge in [0.25, 0.3) is 0 Å². The highest BCUT2D eigenvalue weighted by Gasteiger charge is 2.37. The zero-order chi connectivity index (χ0) is 13.3. The summed E-state index contributed by atoms with van der Waals surface area (Å²) >= 11 is 10.8. The summed E-state index contributed by atoms with van der Waals surface area (Å²) in [5, 5.41) is 0. The van der Waals surface area contributed by atoms with Crippen LogP contribution in [0.3, 0.4) is 0 Å². The fourth-order valence-electron chi connectivity index (χ4n) is 1.48. The van der Waals surface area contributed by atoms with Gasteiger partial charge in [0.05, 0.1) is 6.67 Å². The molecule has 1 N–H and O–H groups in total. The predicted molar refractivity (Wildman–Crippen MR) is 72.0 cm³/mol. The van der Waals surface area contributed by atoms with Crippen LogP contribution in [0.1, 0.15) is 5.56 Å². The van der Waals surface area contributed by atoms with Crippen LogP contribution in [0.15, 0.2) is 24.3 Å². The number of amides is 2. The molecule has 4 nitrogen and oxygen atoms in total. The molecule has 1 aromatic rings. The SMILES string of the molecule is Cc1ccc(N2CNN(SC(F)(Cl)Cl)C2=O)cc1. The summed E-state index contributed by atoms with van der Waals surface area (Å²) in [5.74, 6) is 0. The average Bonchev–Trinajstić information content (AvgIpc) is 2.60. The molecule has 1 aliphatic rings.